The molecule has 2 N–H and O–H groups in total. The lowest BCUT2D eigenvalue weighted by Crippen LogP contribution is -2.35. The van der Waals surface area contributed by atoms with Crippen LogP contribution >= 0.6 is 0 Å². The summed E-state index contributed by atoms with van der Waals surface area (Å²) in [4.78, 5) is 22.2. The molecule has 0 spiro atoms. The number of hydrogen-bond donors (Lipinski definition) is 2. The Bertz CT molecular complexity index is 729. The van der Waals surface area contributed by atoms with Crippen LogP contribution < -0.4 is 5.32 Å². The Morgan fingerprint density at radius 3 is 2.50 bits per heavy atom. The van der Waals surface area contributed by atoms with Crippen LogP contribution in [0.5, 0.6) is 0 Å². The number of aliphatic carboxylic acids is 1. The maximum absolute atomic E-state index is 13.9. The van der Waals surface area contributed by atoms with Gasteiger partial charge in [0.1, 0.15) is 5.82 Å². The molecule has 0 aromatic heterocycles. The molecule has 1 aromatic carbocycles. The standard InChI is InChI=1S/C15H19FN2O5S/c16-13-5-4-11(24(22,23)18-8-2-1-3-9-18)10-12(13)15(21)17-7-6-14(19)20/h4-5,10H,1-3,6-9H2,(H,17,21)(H,19,20). The van der Waals surface area contributed by atoms with Gasteiger partial charge in [0.25, 0.3) is 5.91 Å². The Kier molecular flexibility index (Phi) is 5.89. The second-order valence-electron chi connectivity index (χ2n) is 5.51. The van der Waals surface area contributed by atoms with Gasteiger partial charge in [0, 0.05) is 19.6 Å². The van der Waals surface area contributed by atoms with Crippen LogP contribution in [0.2, 0.25) is 0 Å². The molecule has 132 valence electrons. The van der Waals surface area contributed by atoms with Gasteiger partial charge in [-0.15, -0.1) is 0 Å². The van der Waals surface area contributed by atoms with Gasteiger partial charge in [-0.25, -0.2) is 12.8 Å². The van der Waals surface area contributed by atoms with Crippen LogP contribution in [0, 0.1) is 5.82 Å². The number of carboxylic acid groups (broad SMARTS) is 1. The molecule has 1 saturated heterocycles. The first-order chi connectivity index (χ1) is 11.3. The second-order valence-corrected chi connectivity index (χ2v) is 7.44. The van der Waals surface area contributed by atoms with Crippen molar-refractivity contribution in [2.45, 2.75) is 30.6 Å². The normalized spacial score (nSPS) is 15.9. The number of carbonyl (C=O) groups is 2. The molecule has 1 aromatic rings. The first-order valence-corrected chi connectivity index (χ1v) is 9.06. The number of halogens is 1. The fraction of sp³-hybridized carbons (Fsp3) is 0.467. The zero-order chi connectivity index (χ0) is 17.7. The van der Waals surface area contributed by atoms with Crippen molar-refractivity contribution in [2.24, 2.45) is 0 Å². The fourth-order valence-electron chi connectivity index (χ4n) is 2.47. The van der Waals surface area contributed by atoms with Crippen LogP contribution in [-0.2, 0) is 14.8 Å². The Morgan fingerprint density at radius 1 is 1.21 bits per heavy atom. The lowest BCUT2D eigenvalue weighted by atomic mass is 10.2. The van der Waals surface area contributed by atoms with Gasteiger partial charge in [0.15, 0.2) is 0 Å². The lowest BCUT2D eigenvalue weighted by Gasteiger charge is -2.26. The molecule has 0 bridgehead atoms. The highest BCUT2D eigenvalue weighted by Crippen LogP contribution is 2.22. The van der Waals surface area contributed by atoms with E-state index in [1.165, 1.54) is 4.31 Å². The lowest BCUT2D eigenvalue weighted by molar-refractivity contribution is -0.136. The third-order valence-electron chi connectivity index (χ3n) is 3.76. The molecule has 0 unspecified atom stereocenters. The Morgan fingerprint density at radius 2 is 1.88 bits per heavy atom. The van der Waals surface area contributed by atoms with Crippen molar-refractivity contribution in [3.8, 4) is 0 Å². The van der Waals surface area contributed by atoms with Gasteiger partial charge in [0.05, 0.1) is 16.9 Å². The minimum Gasteiger partial charge on any atom is -0.481 e. The number of sulfonamides is 1. The molecule has 1 aliphatic heterocycles. The maximum Gasteiger partial charge on any atom is 0.305 e. The van der Waals surface area contributed by atoms with E-state index in [4.69, 9.17) is 5.11 Å². The zero-order valence-corrected chi connectivity index (χ0v) is 13.8. The Hall–Kier alpha value is -2.00. The second kappa shape index (κ2) is 7.71. The van der Waals surface area contributed by atoms with Gasteiger partial charge in [-0.2, -0.15) is 4.31 Å². The summed E-state index contributed by atoms with van der Waals surface area (Å²) in [5, 5.41) is 10.8. The SMILES string of the molecule is O=C(O)CCNC(=O)c1cc(S(=O)(=O)N2CCCCC2)ccc1F. The van der Waals surface area contributed by atoms with Gasteiger partial charge in [-0.05, 0) is 31.0 Å². The van der Waals surface area contributed by atoms with Crippen molar-refractivity contribution in [1.29, 1.82) is 0 Å². The predicted molar refractivity (Wildman–Crippen MR) is 83.6 cm³/mol. The summed E-state index contributed by atoms with van der Waals surface area (Å²) in [6, 6.07) is 3.06. The van der Waals surface area contributed by atoms with Crippen LogP contribution in [0.1, 0.15) is 36.0 Å². The highest BCUT2D eigenvalue weighted by Gasteiger charge is 2.27. The molecule has 0 saturated carbocycles. The third-order valence-corrected chi connectivity index (χ3v) is 5.65. The number of benzene rings is 1. The Balaban J connectivity index is 2.21. The molecule has 2 rings (SSSR count). The van der Waals surface area contributed by atoms with Gasteiger partial charge in [-0.1, -0.05) is 6.42 Å². The fourth-order valence-corrected chi connectivity index (χ4v) is 4.02. The average molecular weight is 358 g/mol. The number of carboxylic acids is 1. The summed E-state index contributed by atoms with van der Waals surface area (Å²) < 4.78 is 40.3. The van der Waals surface area contributed by atoms with Crippen molar-refractivity contribution in [3.05, 3.63) is 29.6 Å². The van der Waals surface area contributed by atoms with Gasteiger partial charge < -0.3 is 10.4 Å². The first-order valence-electron chi connectivity index (χ1n) is 7.62. The first kappa shape index (κ1) is 18.3. The monoisotopic (exact) mass is 358 g/mol. The van der Waals surface area contributed by atoms with E-state index in [0.29, 0.717) is 13.1 Å². The number of nitrogens with zero attached hydrogens (tertiary/aromatic N) is 1. The number of hydrogen-bond acceptors (Lipinski definition) is 4. The summed E-state index contributed by atoms with van der Waals surface area (Å²) >= 11 is 0. The van der Waals surface area contributed by atoms with E-state index < -0.39 is 33.3 Å². The van der Waals surface area contributed by atoms with Crippen molar-refractivity contribution in [2.75, 3.05) is 19.6 Å². The summed E-state index contributed by atoms with van der Waals surface area (Å²) in [5.41, 5.74) is -0.418. The molecule has 24 heavy (non-hydrogen) atoms. The van der Waals surface area contributed by atoms with Crippen molar-refractivity contribution < 1.29 is 27.5 Å². The predicted octanol–water partition coefficient (Wildman–Crippen LogP) is 1.20. The molecular weight excluding hydrogens is 339 g/mol. The third kappa shape index (κ3) is 4.30. The minimum atomic E-state index is -3.78. The molecule has 1 fully saturated rings. The van der Waals surface area contributed by atoms with Gasteiger partial charge >= 0.3 is 5.97 Å². The average Bonchev–Trinajstić information content (AvgIpc) is 2.55. The molecule has 0 aliphatic carbocycles. The Labute approximate surface area is 139 Å². The zero-order valence-electron chi connectivity index (χ0n) is 13.0. The molecule has 7 nitrogen and oxygen atoms in total. The number of rotatable bonds is 6. The molecule has 1 amide bonds. The molecule has 0 atom stereocenters. The summed E-state index contributed by atoms with van der Waals surface area (Å²) in [5.74, 6) is -2.80. The van der Waals surface area contributed by atoms with Crippen LogP contribution in [0.15, 0.2) is 23.1 Å². The molecule has 1 heterocycles. The van der Waals surface area contributed by atoms with Crippen LogP contribution in [0.4, 0.5) is 4.39 Å². The topological polar surface area (TPSA) is 104 Å². The van der Waals surface area contributed by atoms with Crippen molar-refractivity contribution in [3.63, 3.8) is 0 Å². The minimum absolute atomic E-state index is 0.144. The highest BCUT2D eigenvalue weighted by atomic mass is 32.2. The van der Waals surface area contributed by atoms with E-state index in [-0.39, 0.29) is 17.9 Å². The van der Waals surface area contributed by atoms with Crippen molar-refractivity contribution >= 4 is 21.9 Å². The number of nitrogens with one attached hydrogen (secondary N) is 1. The van der Waals surface area contributed by atoms with E-state index in [1.807, 2.05) is 0 Å². The molecular formula is C15H19FN2O5S. The van der Waals surface area contributed by atoms with E-state index in [9.17, 15) is 22.4 Å². The molecule has 9 heteroatoms. The van der Waals surface area contributed by atoms with Crippen LogP contribution in [0.3, 0.4) is 0 Å². The molecule has 1 aliphatic rings. The smallest absolute Gasteiger partial charge is 0.305 e. The highest BCUT2D eigenvalue weighted by molar-refractivity contribution is 7.89. The summed E-state index contributed by atoms with van der Waals surface area (Å²) in [7, 11) is -3.78. The van der Waals surface area contributed by atoms with E-state index >= 15 is 0 Å². The van der Waals surface area contributed by atoms with Gasteiger partial charge in [-0.3, -0.25) is 9.59 Å². The van der Waals surface area contributed by atoms with Crippen LogP contribution in [0.25, 0.3) is 0 Å². The van der Waals surface area contributed by atoms with E-state index in [1.54, 1.807) is 0 Å². The van der Waals surface area contributed by atoms with Crippen LogP contribution in [-0.4, -0.2) is 49.3 Å². The maximum atomic E-state index is 13.9. The number of amides is 1. The summed E-state index contributed by atoms with van der Waals surface area (Å²) in [6.07, 6.45) is 2.19. The number of piperidine rings is 1. The number of carbonyl (C=O) groups excluding carboxylic acids is 1. The molecule has 0 radical (unpaired) electrons. The van der Waals surface area contributed by atoms with E-state index in [0.717, 1.165) is 37.5 Å². The van der Waals surface area contributed by atoms with Gasteiger partial charge in [0.2, 0.25) is 10.0 Å². The van der Waals surface area contributed by atoms with E-state index in [2.05, 4.69) is 5.32 Å². The summed E-state index contributed by atoms with van der Waals surface area (Å²) in [6.45, 7) is 0.635. The van der Waals surface area contributed by atoms with Crippen molar-refractivity contribution in [1.82, 2.24) is 9.62 Å². The quantitative estimate of drug-likeness (QED) is 0.795. The largest absolute Gasteiger partial charge is 0.481 e.